The third-order valence-corrected chi connectivity index (χ3v) is 6.64. The molecule has 10 nitrogen and oxygen atoms in total. The highest BCUT2D eigenvalue weighted by atomic mass is 19.4. The van der Waals surface area contributed by atoms with Crippen LogP contribution in [0.4, 0.5) is 19.2 Å². The van der Waals surface area contributed by atoms with E-state index >= 15 is 0 Å². The van der Waals surface area contributed by atoms with Crippen molar-refractivity contribution < 1.29 is 27.2 Å². The Morgan fingerprint density at radius 3 is 2.52 bits per heavy atom. The molecule has 1 aliphatic carbocycles. The molecule has 0 unspecified atom stereocenters. The first-order chi connectivity index (χ1) is 19.3. The van der Waals surface area contributed by atoms with Gasteiger partial charge in [0.1, 0.15) is 0 Å². The van der Waals surface area contributed by atoms with Gasteiger partial charge in [-0.25, -0.2) is 4.68 Å². The number of benzene rings is 1. The zero-order valence-electron chi connectivity index (χ0n) is 21.3. The maximum atomic E-state index is 13.7. The van der Waals surface area contributed by atoms with E-state index in [0.29, 0.717) is 24.1 Å². The number of hydrogen-bond acceptors (Lipinski definition) is 7. The summed E-state index contributed by atoms with van der Waals surface area (Å²) in [5.41, 5.74) is -0.994. The number of pyridine rings is 1. The Labute approximate surface area is 227 Å². The number of rotatable bonds is 8. The summed E-state index contributed by atoms with van der Waals surface area (Å²) < 4.78 is 47.9. The number of para-hydroxylation sites is 1. The second-order valence-corrected chi connectivity index (χ2v) is 9.38. The van der Waals surface area contributed by atoms with Crippen molar-refractivity contribution in [3.8, 4) is 17.1 Å². The van der Waals surface area contributed by atoms with Crippen LogP contribution < -0.4 is 10.2 Å². The molecule has 5 rings (SSSR count). The first kappa shape index (κ1) is 27.0. The van der Waals surface area contributed by atoms with Crippen LogP contribution in [0.3, 0.4) is 0 Å². The van der Waals surface area contributed by atoms with E-state index < -0.39 is 23.3 Å². The predicted octanol–water partition coefficient (Wildman–Crippen LogP) is 4.68. The molecule has 0 radical (unpaired) electrons. The fourth-order valence-electron chi connectivity index (χ4n) is 4.64. The van der Waals surface area contributed by atoms with Gasteiger partial charge in [0.2, 0.25) is 5.91 Å². The van der Waals surface area contributed by atoms with Crippen LogP contribution in [0.1, 0.15) is 48.2 Å². The molecule has 1 fully saturated rings. The largest absolute Gasteiger partial charge is 0.435 e. The minimum absolute atomic E-state index is 0.0587. The normalized spacial score (nSPS) is 14.2. The molecular formula is C27H26F3N7O3. The SMILES string of the molecule is O=C(NCCN(C(=O)C1CCCCC1)c1nnc(-c2cccnc2)o1)c1cn(-c2ccccc2)nc1C(F)(F)F. The summed E-state index contributed by atoms with van der Waals surface area (Å²) in [7, 11) is 0. The predicted molar refractivity (Wildman–Crippen MR) is 137 cm³/mol. The molecular weight excluding hydrogens is 527 g/mol. The molecule has 1 saturated carbocycles. The molecule has 0 spiro atoms. The summed E-state index contributed by atoms with van der Waals surface area (Å²) in [5.74, 6) is -1.29. The van der Waals surface area contributed by atoms with Crippen molar-refractivity contribution in [2.75, 3.05) is 18.0 Å². The van der Waals surface area contributed by atoms with E-state index in [0.717, 1.165) is 30.1 Å². The number of nitrogens with one attached hydrogen (secondary N) is 1. The first-order valence-corrected chi connectivity index (χ1v) is 12.9. The molecule has 0 bridgehead atoms. The number of carbonyl (C=O) groups excluding carboxylic acids is 2. The highest BCUT2D eigenvalue weighted by Crippen LogP contribution is 2.32. The van der Waals surface area contributed by atoms with Gasteiger partial charge >= 0.3 is 12.2 Å². The highest BCUT2D eigenvalue weighted by Gasteiger charge is 2.39. The zero-order chi connectivity index (χ0) is 28.1. The van der Waals surface area contributed by atoms with Gasteiger partial charge in [-0.05, 0) is 37.1 Å². The average Bonchev–Trinajstić information content (AvgIpc) is 3.65. The van der Waals surface area contributed by atoms with Crippen molar-refractivity contribution in [2.24, 2.45) is 5.92 Å². The Morgan fingerprint density at radius 1 is 1.05 bits per heavy atom. The molecule has 4 aromatic rings. The van der Waals surface area contributed by atoms with E-state index in [1.54, 1.807) is 54.9 Å². The van der Waals surface area contributed by atoms with E-state index in [1.807, 2.05) is 0 Å². The smallest absolute Gasteiger partial charge is 0.403 e. The maximum Gasteiger partial charge on any atom is 0.435 e. The number of anilines is 1. The maximum absolute atomic E-state index is 13.7. The van der Waals surface area contributed by atoms with Crippen LogP contribution in [0.15, 0.2) is 65.5 Å². The monoisotopic (exact) mass is 553 g/mol. The number of halogens is 3. The molecule has 0 atom stereocenters. The zero-order valence-corrected chi connectivity index (χ0v) is 21.3. The number of amides is 2. The van der Waals surface area contributed by atoms with E-state index in [9.17, 15) is 22.8 Å². The van der Waals surface area contributed by atoms with Gasteiger partial charge in [-0.1, -0.05) is 42.6 Å². The Morgan fingerprint density at radius 2 is 1.82 bits per heavy atom. The van der Waals surface area contributed by atoms with Crippen LogP contribution in [0.2, 0.25) is 0 Å². The van der Waals surface area contributed by atoms with Gasteiger partial charge in [0, 0.05) is 37.6 Å². The number of aromatic nitrogens is 5. The fourth-order valence-corrected chi connectivity index (χ4v) is 4.64. The molecule has 3 heterocycles. The lowest BCUT2D eigenvalue weighted by Gasteiger charge is -2.26. The summed E-state index contributed by atoms with van der Waals surface area (Å²) in [6.07, 6.45) is 3.61. The van der Waals surface area contributed by atoms with E-state index in [-0.39, 0.29) is 36.8 Å². The van der Waals surface area contributed by atoms with E-state index in [4.69, 9.17) is 4.42 Å². The lowest BCUT2D eigenvalue weighted by Crippen LogP contribution is -2.42. The first-order valence-electron chi connectivity index (χ1n) is 12.9. The van der Waals surface area contributed by atoms with Crippen molar-refractivity contribution in [3.63, 3.8) is 0 Å². The Kier molecular flexibility index (Phi) is 7.89. The number of carbonyl (C=O) groups is 2. The molecule has 0 aliphatic heterocycles. The van der Waals surface area contributed by atoms with Gasteiger partial charge in [0.05, 0.1) is 16.8 Å². The minimum Gasteiger partial charge on any atom is -0.403 e. The Balaban J connectivity index is 1.34. The molecule has 208 valence electrons. The lowest BCUT2D eigenvalue weighted by molar-refractivity contribution is -0.141. The average molecular weight is 554 g/mol. The van der Waals surface area contributed by atoms with Gasteiger partial charge in [-0.15, -0.1) is 5.10 Å². The van der Waals surface area contributed by atoms with E-state index in [2.05, 4.69) is 25.6 Å². The second kappa shape index (κ2) is 11.7. The lowest BCUT2D eigenvalue weighted by atomic mass is 9.88. The van der Waals surface area contributed by atoms with Crippen LogP contribution in [0, 0.1) is 5.92 Å². The summed E-state index contributed by atoms with van der Waals surface area (Å²) in [5, 5.41) is 14.2. The molecule has 3 aromatic heterocycles. The van der Waals surface area contributed by atoms with Gasteiger partial charge < -0.3 is 9.73 Å². The topological polar surface area (TPSA) is 119 Å². The Hall–Kier alpha value is -4.55. The quantitative estimate of drug-likeness (QED) is 0.337. The van der Waals surface area contributed by atoms with E-state index in [1.165, 1.54) is 4.90 Å². The van der Waals surface area contributed by atoms with Crippen LogP contribution >= 0.6 is 0 Å². The third kappa shape index (κ3) is 6.03. The molecule has 1 N–H and O–H groups in total. The Bertz CT molecular complexity index is 1450. The number of hydrogen-bond donors (Lipinski definition) is 1. The van der Waals surface area contributed by atoms with Crippen molar-refractivity contribution in [1.29, 1.82) is 0 Å². The molecule has 40 heavy (non-hydrogen) atoms. The molecule has 0 saturated heterocycles. The van der Waals surface area contributed by atoms with Crippen molar-refractivity contribution in [3.05, 3.63) is 72.3 Å². The standard InChI is InChI=1S/C27H26F3N7O3/c28-27(29,30)22-21(17-37(35-22)20-11-5-2-6-12-20)23(38)32-14-15-36(25(39)18-8-3-1-4-9-18)26-34-33-24(40-26)19-10-7-13-31-16-19/h2,5-7,10-13,16-18H,1,3-4,8-9,14-15H2,(H,32,38). The minimum atomic E-state index is -4.85. The van der Waals surface area contributed by atoms with Crippen LogP contribution in [-0.4, -0.2) is 49.9 Å². The molecule has 2 amide bonds. The van der Waals surface area contributed by atoms with Gasteiger partial charge in [0.25, 0.3) is 11.8 Å². The van der Waals surface area contributed by atoms with Crippen molar-refractivity contribution in [2.45, 2.75) is 38.3 Å². The molecule has 1 aliphatic rings. The third-order valence-electron chi connectivity index (χ3n) is 6.64. The molecule has 13 heteroatoms. The van der Waals surface area contributed by atoms with Gasteiger partial charge in [-0.2, -0.15) is 18.3 Å². The van der Waals surface area contributed by atoms with Gasteiger partial charge in [0.15, 0.2) is 5.69 Å². The number of nitrogens with zero attached hydrogens (tertiary/aromatic N) is 6. The summed E-state index contributed by atoms with van der Waals surface area (Å²) in [6, 6.07) is 11.5. The summed E-state index contributed by atoms with van der Waals surface area (Å²) in [6.45, 7) is -0.236. The van der Waals surface area contributed by atoms with Crippen LogP contribution in [0.5, 0.6) is 0 Å². The van der Waals surface area contributed by atoms with Gasteiger partial charge in [-0.3, -0.25) is 19.5 Å². The van der Waals surface area contributed by atoms with Crippen LogP contribution in [-0.2, 0) is 11.0 Å². The summed E-state index contributed by atoms with van der Waals surface area (Å²) >= 11 is 0. The fraction of sp³-hybridized carbons (Fsp3) is 0.333. The van der Waals surface area contributed by atoms with Crippen molar-refractivity contribution in [1.82, 2.24) is 30.3 Å². The highest BCUT2D eigenvalue weighted by molar-refractivity contribution is 5.96. The second-order valence-electron chi connectivity index (χ2n) is 9.38. The van der Waals surface area contributed by atoms with Crippen LogP contribution in [0.25, 0.3) is 17.1 Å². The molecule has 1 aromatic carbocycles. The van der Waals surface area contributed by atoms with Crippen molar-refractivity contribution >= 4 is 17.8 Å². The summed E-state index contributed by atoms with van der Waals surface area (Å²) in [4.78, 5) is 31.7. The number of alkyl halides is 3.